The van der Waals surface area contributed by atoms with E-state index in [1.165, 1.54) is 0 Å². The van der Waals surface area contributed by atoms with Crippen molar-refractivity contribution in [2.75, 3.05) is 0 Å². The zero-order valence-electron chi connectivity index (χ0n) is 12.7. The molecule has 0 saturated carbocycles. The van der Waals surface area contributed by atoms with Gasteiger partial charge in [-0.05, 0) is 16.7 Å². The molecule has 0 radical (unpaired) electrons. The minimum absolute atomic E-state index is 0.284. The summed E-state index contributed by atoms with van der Waals surface area (Å²) in [5.74, 6) is 0. The summed E-state index contributed by atoms with van der Waals surface area (Å²) in [5, 5.41) is 0. The van der Waals surface area contributed by atoms with Crippen molar-refractivity contribution in [1.29, 1.82) is 0 Å². The van der Waals surface area contributed by atoms with Crippen molar-refractivity contribution < 1.29 is 9.53 Å². The maximum atomic E-state index is 11.6. The van der Waals surface area contributed by atoms with Crippen molar-refractivity contribution in [2.24, 2.45) is 0 Å². The van der Waals surface area contributed by atoms with E-state index in [1.54, 1.807) is 0 Å². The maximum absolute atomic E-state index is 11.6. The molecule has 23 heavy (non-hydrogen) atoms. The lowest BCUT2D eigenvalue weighted by atomic mass is 10.0. The molecule has 0 aliphatic heterocycles. The molecule has 0 heterocycles. The third kappa shape index (κ3) is 3.74. The average molecular weight is 302 g/mol. The van der Waals surface area contributed by atoms with Gasteiger partial charge in [0.15, 0.2) is 6.29 Å². The first-order chi connectivity index (χ1) is 11.4. The van der Waals surface area contributed by atoms with Gasteiger partial charge in [-0.25, -0.2) is 0 Å². The summed E-state index contributed by atoms with van der Waals surface area (Å²) in [6.45, 7) is 0. The Bertz CT molecular complexity index is 684. The van der Waals surface area contributed by atoms with Gasteiger partial charge in [0.1, 0.15) is 12.2 Å². The Kier molecular flexibility index (Phi) is 4.97. The van der Waals surface area contributed by atoms with Gasteiger partial charge in [0.2, 0.25) is 0 Å². The molecule has 2 heteroatoms. The Morgan fingerprint density at radius 2 is 1.00 bits per heavy atom. The third-order valence-electron chi connectivity index (χ3n) is 3.74. The fourth-order valence-electron chi connectivity index (χ4n) is 2.58. The van der Waals surface area contributed by atoms with Gasteiger partial charge in [-0.3, -0.25) is 0 Å². The molecule has 0 bridgehead atoms. The molecule has 0 aliphatic carbocycles. The zero-order valence-corrected chi connectivity index (χ0v) is 12.7. The molecular weight excluding hydrogens is 284 g/mol. The summed E-state index contributed by atoms with van der Waals surface area (Å²) in [4.78, 5) is 11.6. The van der Waals surface area contributed by atoms with E-state index >= 15 is 0 Å². The van der Waals surface area contributed by atoms with Crippen molar-refractivity contribution >= 4 is 6.29 Å². The molecular formula is C21H18O2. The molecule has 3 aromatic carbocycles. The predicted octanol–water partition coefficient (Wildman–Crippen LogP) is 4.73. The molecule has 0 aromatic heterocycles. The van der Waals surface area contributed by atoms with Gasteiger partial charge in [-0.1, -0.05) is 91.0 Å². The summed E-state index contributed by atoms with van der Waals surface area (Å²) in [7, 11) is 0. The van der Waals surface area contributed by atoms with Crippen LogP contribution in [0, 0.1) is 0 Å². The first-order valence-electron chi connectivity index (χ1n) is 7.64. The molecule has 0 amide bonds. The van der Waals surface area contributed by atoms with E-state index in [0.29, 0.717) is 0 Å². The van der Waals surface area contributed by atoms with Crippen LogP contribution in [0.2, 0.25) is 0 Å². The molecule has 0 aliphatic rings. The molecule has 0 saturated heterocycles. The van der Waals surface area contributed by atoms with E-state index in [2.05, 4.69) is 0 Å². The minimum atomic E-state index is -0.596. The number of aldehydes is 1. The monoisotopic (exact) mass is 302 g/mol. The van der Waals surface area contributed by atoms with Gasteiger partial charge in [0.25, 0.3) is 0 Å². The Morgan fingerprint density at radius 1 is 0.609 bits per heavy atom. The number of ether oxygens (including phenoxy) is 1. The van der Waals surface area contributed by atoms with Crippen LogP contribution in [0.1, 0.15) is 28.9 Å². The Morgan fingerprint density at radius 3 is 1.39 bits per heavy atom. The molecule has 3 rings (SSSR count). The molecule has 2 nitrogen and oxygen atoms in total. The van der Waals surface area contributed by atoms with Crippen LogP contribution in [0.15, 0.2) is 91.0 Å². The second kappa shape index (κ2) is 7.52. The zero-order chi connectivity index (χ0) is 15.9. The van der Waals surface area contributed by atoms with Crippen LogP contribution in [0.5, 0.6) is 0 Å². The first-order valence-corrected chi connectivity index (χ1v) is 7.64. The third-order valence-corrected chi connectivity index (χ3v) is 3.74. The summed E-state index contributed by atoms with van der Waals surface area (Å²) in [6, 6.07) is 29.5. The molecule has 0 spiro atoms. The van der Waals surface area contributed by atoms with Gasteiger partial charge in [0, 0.05) is 0 Å². The Hall–Kier alpha value is -2.71. The number of carbonyl (C=O) groups excluding carboxylic acids is 1. The summed E-state index contributed by atoms with van der Waals surface area (Å²) in [6.07, 6.45) is -0.0248. The smallest absolute Gasteiger partial charge is 0.153 e. The van der Waals surface area contributed by atoms with E-state index in [0.717, 1.165) is 23.0 Å². The fraction of sp³-hybridized carbons (Fsp3) is 0.0952. The maximum Gasteiger partial charge on any atom is 0.153 e. The summed E-state index contributed by atoms with van der Waals surface area (Å²) < 4.78 is 6.19. The number of benzene rings is 3. The van der Waals surface area contributed by atoms with E-state index in [-0.39, 0.29) is 6.10 Å². The van der Waals surface area contributed by atoms with Crippen LogP contribution < -0.4 is 0 Å². The van der Waals surface area contributed by atoms with E-state index in [4.69, 9.17) is 4.74 Å². The van der Waals surface area contributed by atoms with Gasteiger partial charge < -0.3 is 9.53 Å². The van der Waals surface area contributed by atoms with E-state index < -0.39 is 6.10 Å². The van der Waals surface area contributed by atoms with Crippen molar-refractivity contribution in [3.05, 3.63) is 108 Å². The number of hydrogen-bond donors (Lipinski definition) is 0. The van der Waals surface area contributed by atoms with Crippen molar-refractivity contribution in [3.63, 3.8) is 0 Å². The number of carbonyl (C=O) groups is 1. The highest BCUT2D eigenvalue weighted by molar-refractivity contribution is 5.60. The molecule has 0 fully saturated rings. The van der Waals surface area contributed by atoms with E-state index in [9.17, 15) is 4.79 Å². The quantitative estimate of drug-likeness (QED) is 0.615. The van der Waals surface area contributed by atoms with Crippen LogP contribution in [0.25, 0.3) is 0 Å². The standard InChI is InChI=1S/C21H18O2/c22-16-20(17-10-4-1-5-11-17)23-21(18-12-6-2-7-13-18)19-14-8-3-9-15-19/h1-16,20-21H. The SMILES string of the molecule is O=CC(OC(c1ccccc1)c1ccccc1)c1ccccc1. The van der Waals surface area contributed by atoms with Gasteiger partial charge in [0.05, 0.1) is 0 Å². The van der Waals surface area contributed by atoms with E-state index in [1.807, 2.05) is 91.0 Å². The van der Waals surface area contributed by atoms with Crippen LogP contribution >= 0.6 is 0 Å². The second-order valence-corrected chi connectivity index (χ2v) is 5.30. The summed E-state index contributed by atoms with van der Waals surface area (Å²) in [5.41, 5.74) is 2.92. The minimum Gasteiger partial charge on any atom is -0.353 e. The van der Waals surface area contributed by atoms with Crippen molar-refractivity contribution in [1.82, 2.24) is 0 Å². The lowest BCUT2D eigenvalue weighted by molar-refractivity contribution is -0.121. The highest BCUT2D eigenvalue weighted by atomic mass is 16.5. The molecule has 1 atom stereocenters. The van der Waals surface area contributed by atoms with Gasteiger partial charge in [-0.15, -0.1) is 0 Å². The Labute approximate surface area is 136 Å². The number of hydrogen-bond acceptors (Lipinski definition) is 2. The average Bonchev–Trinajstić information content (AvgIpc) is 2.65. The van der Waals surface area contributed by atoms with Gasteiger partial charge in [-0.2, -0.15) is 0 Å². The lowest BCUT2D eigenvalue weighted by Crippen LogP contribution is -2.13. The second-order valence-electron chi connectivity index (χ2n) is 5.30. The topological polar surface area (TPSA) is 26.3 Å². The highest BCUT2D eigenvalue weighted by Crippen LogP contribution is 2.31. The largest absolute Gasteiger partial charge is 0.353 e. The summed E-state index contributed by atoms with van der Waals surface area (Å²) >= 11 is 0. The van der Waals surface area contributed by atoms with Crippen LogP contribution in [-0.2, 0) is 9.53 Å². The van der Waals surface area contributed by atoms with Crippen LogP contribution in [0.3, 0.4) is 0 Å². The van der Waals surface area contributed by atoms with Gasteiger partial charge >= 0.3 is 0 Å². The van der Waals surface area contributed by atoms with Crippen molar-refractivity contribution in [2.45, 2.75) is 12.2 Å². The predicted molar refractivity (Wildman–Crippen MR) is 91.1 cm³/mol. The molecule has 1 unspecified atom stereocenters. The molecule has 3 aromatic rings. The van der Waals surface area contributed by atoms with Crippen molar-refractivity contribution in [3.8, 4) is 0 Å². The molecule has 114 valence electrons. The Balaban J connectivity index is 1.94. The normalized spacial score (nSPS) is 12.0. The highest BCUT2D eigenvalue weighted by Gasteiger charge is 2.20. The number of rotatable bonds is 6. The lowest BCUT2D eigenvalue weighted by Gasteiger charge is -2.23. The van der Waals surface area contributed by atoms with Crippen LogP contribution in [-0.4, -0.2) is 6.29 Å². The fourth-order valence-corrected chi connectivity index (χ4v) is 2.58. The molecule has 0 N–H and O–H groups in total. The first kappa shape index (κ1) is 15.2. The van der Waals surface area contributed by atoms with Crippen LogP contribution in [0.4, 0.5) is 0 Å².